The van der Waals surface area contributed by atoms with Crippen molar-refractivity contribution in [3.8, 4) is 0 Å². The number of ether oxygens (including phenoxy) is 2. The lowest BCUT2D eigenvalue weighted by Crippen LogP contribution is -2.57. The first-order valence-electron chi connectivity index (χ1n) is 12.7. The number of rotatable bonds is 8. The van der Waals surface area contributed by atoms with Gasteiger partial charge in [-0.25, -0.2) is 0 Å². The zero-order chi connectivity index (χ0) is 24.5. The third-order valence-corrected chi connectivity index (χ3v) is 7.85. The molecule has 0 saturated carbocycles. The van der Waals surface area contributed by atoms with Crippen molar-refractivity contribution in [3.63, 3.8) is 0 Å². The standard InChI is InChI=1S/C26H38N2O6/c1-4-11-18(2)27-15-10-13-26-19(20-24(32)33-17-9-6-12-25(20,3)34-26)22(30)28(21(26)23(27)31)14-7-5-8-16-29/h6,10,12-13,18-21,29H,4-5,7-9,11,14-17H2,1-3H3/t18?,19-,20-,21?,25+,26-/m0/s1. The maximum Gasteiger partial charge on any atom is 0.313 e. The molecule has 2 saturated heterocycles. The number of aliphatic hydroxyl groups excluding tert-OH is 1. The van der Waals surface area contributed by atoms with Gasteiger partial charge in [-0.1, -0.05) is 37.6 Å². The molecular formula is C26H38N2O6. The van der Waals surface area contributed by atoms with Crippen LogP contribution in [0.25, 0.3) is 0 Å². The summed E-state index contributed by atoms with van der Waals surface area (Å²) in [5.74, 6) is -2.43. The predicted octanol–water partition coefficient (Wildman–Crippen LogP) is 2.21. The lowest BCUT2D eigenvalue weighted by molar-refractivity contribution is -0.160. The Morgan fingerprint density at radius 2 is 1.91 bits per heavy atom. The average Bonchev–Trinajstić information content (AvgIpc) is 3.10. The maximum absolute atomic E-state index is 14.1. The zero-order valence-electron chi connectivity index (χ0n) is 20.6. The Morgan fingerprint density at radius 3 is 2.65 bits per heavy atom. The second-order valence-electron chi connectivity index (χ2n) is 10.2. The quantitative estimate of drug-likeness (QED) is 0.329. The fourth-order valence-corrected chi connectivity index (χ4v) is 6.29. The summed E-state index contributed by atoms with van der Waals surface area (Å²) in [6.45, 7) is 7.14. The molecule has 6 atom stereocenters. The van der Waals surface area contributed by atoms with Crippen LogP contribution in [0.3, 0.4) is 0 Å². The van der Waals surface area contributed by atoms with Crippen LogP contribution in [0.2, 0.25) is 0 Å². The Labute approximate surface area is 201 Å². The van der Waals surface area contributed by atoms with E-state index in [9.17, 15) is 14.4 Å². The normalized spacial score (nSPS) is 35.9. The second kappa shape index (κ2) is 9.82. The van der Waals surface area contributed by atoms with Crippen LogP contribution in [0, 0.1) is 11.8 Å². The number of cyclic esters (lactones) is 1. The van der Waals surface area contributed by atoms with Gasteiger partial charge < -0.3 is 24.4 Å². The van der Waals surface area contributed by atoms with Crippen molar-refractivity contribution in [3.05, 3.63) is 24.3 Å². The van der Waals surface area contributed by atoms with Crippen molar-refractivity contribution in [2.75, 3.05) is 26.3 Å². The van der Waals surface area contributed by atoms with Crippen molar-refractivity contribution >= 4 is 17.8 Å². The molecule has 2 amide bonds. The van der Waals surface area contributed by atoms with Crippen molar-refractivity contribution in [2.45, 2.75) is 82.6 Å². The number of amides is 2. The van der Waals surface area contributed by atoms with Crippen LogP contribution in [0.4, 0.5) is 0 Å². The Hall–Kier alpha value is -2.19. The molecule has 2 fully saturated rings. The van der Waals surface area contributed by atoms with Crippen LogP contribution in [0.15, 0.2) is 24.3 Å². The molecule has 0 aliphatic carbocycles. The number of likely N-dealkylation sites (tertiary alicyclic amines) is 1. The maximum atomic E-state index is 14.1. The third-order valence-electron chi connectivity index (χ3n) is 7.85. The Kier molecular flexibility index (Phi) is 7.20. The number of hydrogen-bond donors (Lipinski definition) is 1. The van der Waals surface area contributed by atoms with Gasteiger partial charge in [0, 0.05) is 25.7 Å². The molecule has 0 aromatic rings. The summed E-state index contributed by atoms with van der Waals surface area (Å²) < 4.78 is 12.2. The van der Waals surface area contributed by atoms with Gasteiger partial charge in [0.25, 0.3) is 0 Å². The number of carbonyl (C=O) groups excluding carboxylic acids is 3. The third kappa shape index (κ3) is 3.98. The van der Waals surface area contributed by atoms with Gasteiger partial charge in [0.2, 0.25) is 11.8 Å². The molecule has 4 aliphatic heterocycles. The minimum absolute atomic E-state index is 0.0261. The highest BCUT2D eigenvalue weighted by atomic mass is 16.6. The van der Waals surface area contributed by atoms with Gasteiger partial charge in [0.15, 0.2) is 0 Å². The molecule has 188 valence electrons. The topological polar surface area (TPSA) is 96.4 Å². The van der Waals surface area contributed by atoms with E-state index in [0.717, 1.165) is 19.3 Å². The lowest BCUT2D eigenvalue weighted by Gasteiger charge is -2.39. The molecule has 4 heterocycles. The number of fused-ring (bicyclic) bond motifs is 2. The summed E-state index contributed by atoms with van der Waals surface area (Å²) in [5.41, 5.74) is -2.26. The molecule has 0 aromatic carbocycles. The van der Waals surface area contributed by atoms with Crippen molar-refractivity contribution in [2.24, 2.45) is 11.8 Å². The van der Waals surface area contributed by atoms with Gasteiger partial charge in [-0.15, -0.1) is 0 Å². The molecule has 0 aromatic heterocycles. The second-order valence-corrected chi connectivity index (χ2v) is 10.2. The van der Waals surface area contributed by atoms with E-state index in [2.05, 4.69) is 6.92 Å². The number of esters is 1. The van der Waals surface area contributed by atoms with Crippen LogP contribution in [0.5, 0.6) is 0 Å². The minimum Gasteiger partial charge on any atom is -0.465 e. The highest BCUT2D eigenvalue weighted by molar-refractivity contribution is 5.99. The van der Waals surface area contributed by atoms with E-state index in [1.54, 1.807) is 4.90 Å². The van der Waals surface area contributed by atoms with Crippen molar-refractivity contribution in [1.82, 2.24) is 9.80 Å². The SMILES string of the molecule is CCCC(C)N1CC=C[C@]23O[C@]4(C)C=CCCOC(=O)[C@@H]4[C@H]2C(=O)N(CCCCCO)C3C1=O. The first-order valence-corrected chi connectivity index (χ1v) is 12.7. The number of nitrogens with zero attached hydrogens (tertiary/aromatic N) is 2. The molecule has 0 radical (unpaired) electrons. The molecule has 1 spiro atoms. The van der Waals surface area contributed by atoms with Crippen LogP contribution in [0.1, 0.15) is 59.3 Å². The van der Waals surface area contributed by atoms with Gasteiger partial charge in [-0.2, -0.15) is 0 Å². The van der Waals surface area contributed by atoms with E-state index in [4.69, 9.17) is 14.6 Å². The van der Waals surface area contributed by atoms with E-state index in [1.165, 1.54) is 0 Å². The molecule has 4 rings (SSSR count). The van der Waals surface area contributed by atoms with Gasteiger partial charge >= 0.3 is 5.97 Å². The van der Waals surface area contributed by atoms with Crippen LogP contribution < -0.4 is 0 Å². The molecule has 1 N–H and O–H groups in total. The molecule has 8 heteroatoms. The molecule has 0 bridgehead atoms. The molecule has 4 aliphatic rings. The van der Waals surface area contributed by atoms with Crippen LogP contribution >= 0.6 is 0 Å². The molecule has 34 heavy (non-hydrogen) atoms. The van der Waals surface area contributed by atoms with E-state index >= 15 is 0 Å². The lowest BCUT2D eigenvalue weighted by atomic mass is 9.74. The van der Waals surface area contributed by atoms with Gasteiger partial charge in [-0.3, -0.25) is 14.4 Å². The van der Waals surface area contributed by atoms with Gasteiger partial charge in [0.05, 0.1) is 18.1 Å². The van der Waals surface area contributed by atoms with Gasteiger partial charge in [-0.05, 0) is 46.0 Å². The van der Waals surface area contributed by atoms with Crippen LogP contribution in [-0.4, -0.2) is 82.3 Å². The summed E-state index contributed by atoms with van der Waals surface area (Å²) in [5, 5.41) is 9.16. The Bertz CT molecular complexity index is 871. The smallest absolute Gasteiger partial charge is 0.313 e. The number of aliphatic hydroxyl groups is 1. The monoisotopic (exact) mass is 474 g/mol. The van der Waals surface area contributed by atoms with E-state index in [0.29, 0.717) is 32.4 Å². The molecular weight excluding hydrogens is 436 g/mol. The minimum atomic E-state index is -1.22. The van der Waals surface area contributed by atoms with Gasteiger partial charge in [0.1, 0.15) is 17.6 Å². The van der Waals surface area contributed by atoms with Crippen molar-refractivity contribution in [1.29, 1.82) is 0 Å². The van der Waals surface area contributed by atoms with E-state index in [1.807, 2.05) is 43.1 Å². The van der Waals surface area contributed by atoms with Crippen molar-refractivity contribution < 1.29 is 29.0 Å². The summed E-state index contributed by atoms with van der Waals surface area (Å²) >= 11 is 0. The van der Waals surface area contributed by atoms with Crippen LogP contribution in [-0.2, 0) is 23.9 Å². The van der Waals surface area contributed by atoms with E-state index < -0.39 is 35.0 Å². The largest absolute Gasteiger partial charge is 0.465 e. The summed E-state index contributed by atoms with van der Waals surface area (Å²) in [4.78, 5) is 44.7. The highest BCUT2D eigenvalue weighted by Gasteiger charge is 2.74. The first-order chi connectivity index (χ1) is 16.3. The fourth-order valence-electron chi connectivity index (χ4n) is 6.29. The predicted molar refractivity (Wildman–Crippen MR) is 126 cm³/mol. The van der Waals surface area contributed by atoms with E-state index in [-0.39, 0.29) is 31.1 Å². The Morgan fingerprint density at radius 1 is 1.12 bits per heavy atom. The summed E-state index contributed by atoms with van der Waals surface area (Å²) in [6, 6.07) is -0.804. The Balaban J connectivity index is 1.78. The number of unbranched alkanes of at least 4 members (excludes halogenated alkanes) is 2. The first kappa shape index (κ1) is 24.9. The summed E-state index contributed by atoms with van der Waals surface area (Å²) in [7, 11) is 0. The summed E-state index contributed by atoms with van der Waals surface area (Å²) in [6.07, 6.45) is 12.1. The fraction of sp³-hybridized carbons (Fsp3) is 0.731. The molecule has 2 unspecified atom stereocenters. The zero-order valence-corrected chi connectivity index (χ0v) is 20.6. The average molecular weight is 475 g/mol. The highest BCUT2D eigenvalue weighted by Crippen LogP contribution is 2.57. The number of carbonyl (C=O) groups is 3. The molecule has 8 nitrogen and oxygen atoms in total. The number of hydrogen-bond acceptors (Lipinski definition) is 6.